The Morgan fingerprint density at radius 3 is 2.25 bits per heavy atom. The lowest BCUT2D eigenvalue weighted by Gasteiger charge is -2.36. The second-order valence-corrected chi connectivity index (χ2v) is 4.72. The monoisotopic (exact) mass is 226 g/mol. The largest absolute Gasteiger partial charge is 0.378 e. The van der Waals surface area contributed by atoms with E-state index in [1.54, 1.807) is 0 Å². The van der Waals surface area contributed by atoms with Crippen LogP contribution >= 0.6 is 0 Å². The first-order valence-electron chi connectivity index (χ1n) is 6.43. The molecular formula is C12H22N2O2. The van der Waals surface area contributed by atoms with Crippen LogP contribution < -0.4 is 0 Å². The Bertz CT molecular complexity index is 231. The van der Waals surface area contributed by atoms with Crippen molar-refractivity contribution in [3.63, 3.8) is 0 Å². The standard InChI is InChI=1S/C12H22N2O2/c1-2-11-3-5-13(6-4-11)12(15)14-7-9-16-10-8-14/h11H,2-10H2,1H3. The molecule has 0 aliphatic carbocycles. The van der Waals surface area contributed by atoms with Gasteiger partial charge < -0.3 is 14.5 Å². The van der Waals surface area contributed by atoms with Gasteiger partial charge in [-0.1, -0.05) is 13.3 Å². The molecule has 2 amide bonds. The average Bonchev–Trinajstić information content (AvgIpc) is 2.39. The van der Waals surface area contributed by atoms with Crippen LogP contribution in [0.3, 0.4) is 0 Å². The number of carbonyl (C=O) groups is 1. The lowest BCUT2D eigenvalue weighted by atomic mass is 9.95. The van der Waals surface area contributed by atoms with Crippen molar-refractivity contribution in [2.75, 3.05) is 39.4 Å². The summed E-state index contributed by atoms with van der Waals surface area (Å²) in [7, 11) is 0. The van der Waals surface area contributed by atoms with Crippen molar-refractivity contribution >= 4 is 6.03 Å². The van der Waals surface area contributed by atoms with Crippen LogP contribution in [0.5, 0.6) is 0 Å². The fourth-order valence-electron chi connectivity index (χ4n) is 2.49. The number of morpholine rings is 1. The van der Waals surface area contributed by atoms with Crippen molar-refractivity contribution in [3.05, 3.63) is 0 Å². The normalized spacial score (nSPS) is 23.6. The SMILES string of the molecule is CCC1CCN(C(=O)N2CCOCC2)CC1. The number of rotatable bonds is 1. The smallest absolute Gasteiger partial charge is 0.320 e. The zero-order valence-electron chi connectivity index (χ0n) is 10.2. The van der Waals surface area contributed by atoms with E-state index in [2.05, 4.69) is 6.92 Å². The number of ether oxygens (including phenoxy) is 1. The predicted octanol–water partition coefficient (Wildman–Crippen LogP) is 1.56. The van der Waals surface area contributed by atoms with Gasteiger partial charge in [-0.2, -0.15) is 0 Å². The summed E-state index contributed by atoms with van der Waals surface area (Å²) in [5, 5.41) is 0. The van der Waals surface area contributed by atoms with Crippen LogP contribution in [0.4, 0.5) is 4.79 Å². The van der Waals surface area contributed by atoms with E-state index in [-0.39, 0.29) is 6.03 Å². The summed E-state index contributed by atoms with van der Waals surface area (Å²) in [5.74, 6) is 0.828. The van der Waals surface area contributed by atoms with Crippen LogP contribution in [0.15, 0.2) is 0 Å². The van der Waals surface area contributed by atoms with Gasteiger partial charge >= 0.3 is 6.03 Å². The van der Waals surface area contributed by atoms with Crippen LogP contribution in [-0.4, -0.2) is 55.2 Å². The fourth-order valence-corrected chi connectivity index (χ4v) is 2.49. The topological polar surface area (TPSA) is 32.8 Å². The maximum absolute atomic E-state index is 12.1. The summed E-state index contributed by atoms with van der Waals surface area (Å²) in [5.41, 5.74) is 0. The molecule has 2 aliphatic heterocycles. The third-order valence-electron chi connectivity index (χ3n) is 3.74. The molecule has 0 aromatic heterocycles. The van der Waals surface area contributed by atoms with Crippen molar-refractivity contribution in [2.24, 2.45) is 5.92 Å². The molecule has 0 aromatic rings. The molecule has 0 unspecified atom stereocenters. The minimum atomic E-state index is 0.220. The molecule has 0 radical (unpaired) electrons. The second kappa shape index (κ2) is 5.53. The second-order valence-electron chi connectivity index (χ2n) is 4.72. The van der Waals surface area contributed by atoms with E-state index in [0.717, 1.165) is 32.1 Å². The van der Waals surface area contributed by atoms with Gasteiger partial charge in [0, 0.05) is 26.2 Å². The van der Waals surface area contributed by atoms with E-state index < -0.39 is 0 Å². The van der Waals surface area contributed by atoms with Crippen molar-refractivity contribution in [1.82, 2.24) is 9.80 Å². The van der Waals surface area contributed by atoms with Gasteiger partial charge in [0.2, 0.25) is 0 Å². The third-order valence-corrected chi connectivity index (χ3v) is 3.74. The van der Waals surface area contributed by atoms with E-state index in [1.165, 1.54) is 19.3 Å². The minimum Gasteiger partial charge on any atom is -0.378 e. The summed E-state index contributed by atoms with van der Waals surface area (Å²) in [4.78, 5) is 16.1. The van der Waals surface area contributed by atoms with Crippen molar-refractivity contribution in [2.45, 2.75) is 26.2 Å². The van der Waals surface area contributed by atoms with Gasteiger partial charge in [0.05, 0.1) is 13.2 Å². The van der Waals surface area contributed by atoms with Gasteiger partial charge in [-0.15, -0.1) is 0 Å². The summed E-state index contributed by atoms with van der Waals surface area (Å²) < 4.78 is 5.26. The summed E-state index contributed by atoms with van der Waals surface area (Å²) in [6.45, 7) is 7.01. The van der Waals surface area contributed by atoms with Crippen LogP contribution in [0, 0.1) is 5.92 Å². The van der Waals surface area contributed by atoms with Crippen molar-refractivity contribution in [1.29, 1.82) is 0 Å². The molecule has 0 aromatic carbocycles. The zero-order valence-corrected chi connectivity index (χ0v) is 10.2. The molecule has 2 heterocycles. The van der Waals surface area contributed by atoms with Gasteiger partial charge in [-0.3, -0.25) is 0 Å². The third kappa shape index (κ3) is 2.67. The van der Waals surface area contributed by atoms with Crippen LogP contribution in [0.2, 0.25) is 0 Å². The predicted molar refractivity (Wildman–Crippen MR) is 62.4 cm³/mol. The van der Waals surface area contributed by atoms with Gasteiger partial charge in [0.25, 0.3) is 0 Å². The first kappa shape index (κ1) is 11.7. The Kier molecular flexibility index (Phi) is 4.04. The van der Waals surface area contributed by atoms with Gasteiger partial charge in [0.15, 0.2) is 0 Å². The molecule has 0 bridgehead atoms. The number of urea groups is 1. The first-order chi connectivity index (χ1) is 7.81. The minimum absolute atomic E-state index is 0.220. The van der Waals surface area contributed by atoms with Gasteiger partial charge in [0.1, 0.15) is 0 Å². The lowest BCUT2D eigenvalue weighted by Crippen LogP contribution is -2.50. The van der Waals surface area contributed by atoms with E-state index in [1.807, 2.05) is 9.80 Å². The number of hydrogen-bond acceptors (Lipinski definition) is 2. The Hall–Kier alpha value is -0.770. The quantitative estimate of drug-likeness (QED) is 0.679. The number of hydrogen-bond donors (Lipinski definition) is 0. The number of nitrogens with zero attached hydrogens (tertiary/aromatic N) is 2. The molecule has 2 fully saturated rings. The van der Waals surface area contributed by atoms with E-state index >= 15 is 0 Å². The van der Waals surface area contributed by atoms with Crippen molar-refractivity contribution in [3.8, 4) is 0 Å². The highest BCUT2D eigenvalue weighted by Crippen LogP contribution is 2.20. The highest BCUT2D eigenvalue weighted by Gasteiger charge is 2.26. The molecule has 92 valence electrons. The Balaban J connectivity index is 1.81. The molecular weight excluding hydrogens is 204 g/mol. The first-order valence-corrected chi connectivity index (χ1v) is 6.43. The Morgan fingerprint density at radius 2 is 1.69 bits per heavy atom. The summed E-state index contributed by atoms with van der Waals surface area (Å²) in [6, 6.07) is 0.220. The van der Waals surface area contributed by atoms with Gasteiger partial charge in [-0.25, -0.2) is 4.79 Å². The highest BCUT2D eigenvalue weighted by atomic mass is 16.5. The molecule has 0 atom stereocenters. The maximum atomic E-state index is 12.1. The van der Waals surface area contributed by atoms with Crippen LogP contribution in [0.25, 0.3) is 0 Å². The number of piperidine rings is 1. The van der Waals surface area contributed by atoms with Crippen LogP contribution in [0.1, 0.15) is 26.2 Å². The molecule has 0 saturated carbocycles. The molecule has 2 rings (SSSR count). The molecule has 2 saturated heterocycles. The van der Waals surface area contributed by atoms with E-state index in [0.29, 0.717) is 13.2 Å². The van der Waals surface area contributed by atoms with Crippen LogP contribution in [-0.2, 0) is 4.74 Å². The van der Waals surface area contributed by atoms with Gasteiger partial charge in [-0.05, 0) is 18.8 Å². The Labute approximate surface area is 97.5 Å². The Morgan fingerprint density at radius 1 is 1.12 bits per heavy atom. The average molecular weight is 226 g/mol. The van der Waals surface area contributed by atoms with E-state index in [4.69, 9.17) is 4.74 Å². The summed E-state index contributed by atoms with van der Waals surface area (Å²) in [6.07, 6.45) is 3.60. The highest BCUT2D eigenvalue weighted by molar-refractivity contribution is 5.74. The molecule has 0 spiro atoms. The number of carbonyl (C=O) groups excluding carboxylic acids is 1. The molecule has 0 N–H and O–H groups in total. The van der Waals surface area contributed by atoms with E-state index in [9.17, 15) is 4.79 Å². The molecule has 4 nitrogen and oxygen atoms in total. The number of likely N-dealkylation sites (tertiary alicyclic amines) is 1. The zero-order chi connectivity index (χ0) is 11.4. The van der Waals surface area contributed by atoms with Crippen molar-refractivity contribution < 1.29 is 9.53 Å². The summed E-state index contributed by atoms with van der Waals surface area (Å²) >= 11 is 0. The lowest BCUT2D eigenvalue weighted by molar-refractivity contribution is 0.0400. The number of amides is 2. The molecule has 2 aliphatic rings. The fraction of sp³-hybridized carbons (Fsp3) is 0.917. The molecule has 16 heavy (non-hydrogen) atoms. The maximum Gasteiger partial charge on any atom is 0.320 e. The molecule has 4 heteroatoms.